The zero-order valence-electron chi connectivity index (χ0n) is 9.04. The van der Waals surface area contributed by atoms with Crippen molar-refractivity contribution in [3.05, 3.63) is 35.3 Å². The van der Waals surface area contributed by atoms with Gasteiger partial charge in [-0.05, 0) is 18.6 Å². The van der Waals surface area contributed by atoms with Gasteiger partial charge >= 0.3 is 0 Å². The number of nitrogens with two attached hydrogens (primary N) is 1. The van der Waals surface area contributed by atoms with Crippen LogP contribution in [-0.2, 0) is 0 Å². The highest BCUT2D eigenvalue weighted by Gasteiger charge is 2.36. The van der Waals surface area contributed by atoms with Crippen molar-refractivity contribution in [2.75, 3.05) is 0 Å². The second-order valence-corrected chi connectivity index (χ2v) is 5.15. The topological polar surface area (TPSA) is 59.1 Å². The van der Waals surface area contributed by atoms with Crippen LogP contribution in [-0.4, -0.2) is 16.1 Å². The molecule has 1 aliphatic rings. The summed E-state index contributed by atoms with van der Waals surface area (Å²) >= 11 is 1.62. The Morgan fingerprint density at radius 2 is 2.06 bits per heavy atom. The molecule has 0 bridgehead atoms. The van der Waals surface area contributed by atoms with Gasteiger partial charge in [0.15, 0.2) is 0 Å². The molecule has 2 atom stereocenters. The summed E-state index contributed by atoms with van der Waals surface area (Å²) in [4.78, 5) is 5.57. The SMILES string of the molecule is Cl.N[C@H]1C[C@@H]1c1cnc(-c2ccccc2O)s1. The van der Waals surface area contributed by atoms with Crippen molar-refractivity contribution in [2.45, 2.75) is 18.4 Å². The number of hydrogen-bond donors (Lipinski definition) is 2. The Labute approximate surface area is 110 Å². The molecule has 3 rings (SSSR count). The standard InChI is InChI=1S/C12H12N2OS.ClH/c13-9-5-8(9)11-6-14-12(16-11)7-3-1-2-4-10(7)15;/h1-4,6,8-9,15H,5,13H2;1H/t8-,9-;/m0./s1. The number of aromatic hydroxyl groups is 1. The first-order valence-electron chi connectivity index (χ1n) is 5.25. The van der Waals surface area contributed by atoms with E-state index < -0.39 is 0 Å². The van der Waals surface area contributed by atoms with Gasteiger partial charge < -0.3 is 10.8 Å². The fourth-order valence-corrected chi connectivity index (χ4v) is 2.92. The van der Waals surface area contributed by atoms with E-state index in [4.69, 9.17) is 5.73 Å². The van der Waals surface area contributed by atoms with Crippen molar-refractivity contribution in [2.24, 2.45) is 5.73 Å². The van der Waals surface area contributed by atoms with Gasteiger partial charge in [-0.25, -0.2) is 4.98 Å². The summed E-state index contributed by atoms with van der Waals surface area (Å²) in [7, 11) is 0. The van der Waals surface area contributed by atoms with Crippen LogP contribution in [0.15, 0.2) is 30.5 Å². The van der Waals surface area contributed by atoms with E-state index in [9.17, 15) is 5.11 Å². The number of benzene rings is 1. The molecule has 1 aliphatic carbocycles. The highest BCUT2D eigenvalue weighted by molar-refractivity contribution is 7.15. The number of nitrogens with zero attached hydrogens (tertiary/aromatic N) is 1. The molecule has 1 saturated carbocycles. The van der Waals surface area contributed by atoms with Gasteiger partial charge in [-0.15, -0.1) is 23.7 Å². The summed E-state index contributed by atoms with van der Waals surface area (Å²) in [6, 6.07) is 7.57. The highest BCUT2D eigenvalue weighted by Crippen LogP contribution is 2.44. The number of thiazole rings is 1. The molecule has 0 amide bonds. The average Bonchev–Trinajstić information content (AvgIpc) is 2.82. The number of aromatic nitrogens is 1. The smallest absolute Gasteiger partial charge is 0.127 e. The van der Waals surface area contributed by atoms with E-state index >= 15 is 0 Å². The average molecular weight is 269 g/mol. The molecule has 5 heteroatoms. The van der Waals surface area contributed by atoms with Crippen molar-refractivity contribution < 1.29 is 5.11 Å². The lowest BCUT2D eigenvalue weighted by Gasteiger charge is -1.98. The zero-order valence-corrected chi connectivity index (χ0v) is 10.7. The summed E-state index contributed by atoms with van der Waals surface area (Å²) in [5.41, 5.74) is 6.60. The van der Waals surface area contributed by atoms with Crippen LogP contribution >= 0.6 is 23.7 Å². The normalized spacial score (nSPS) is 21.9. The van der Waals surface area contributed by atoms with Crippen LogP contribution in [0.4, 0.5) is 0 Å². The lowest BCUT2D eigenvalue weighted by molar-refractivity contribution is 0.477. The van der Waals surface area contributed by atoms with Crippen molar-refractivity contribution in [3.8, 4) is 16.3 Å². The lowest BCUT2D eigenvalue weighted by Crippen LogP contribution is -1.99. The summed E-state index contributed by atoms with van der Waals surface area (Å²) in [5, 5.41) is 10.6. The number of rotatable bonds is 2. The molecule has 1 aromatic carbocycles. The second-order valence-electron chi connectivity index (χ2n) is 4.09. The van der Waals surface area contributed by atoms with Gasteiger partial charge in [-0.1, -0.05) is 12.1 Å². The molecule has 1 aromatic heterocycles. The van der Waals surface area contributed by atoms with Crippen LogP contribution < -0.4 is 5.73 Å². The van der Waals surface area contributed by atoms with E-state index in [1.165, 1.54) is 4.88 Å². The Morgan fingerprint density at radius 3 is 2.71 bits per heavy atom. The first-order valence-corrected chi connectivity index (χ1v) is 6.07. The molecule has 1 fully saturated rings. The van der Waals surface area contributed by atoms with E-state index in [0.717, 1.165) is 17.0 Å². The van der Waals surface area contributed by atoms with Crippen LogP contribution in [0.25, 0.3) is 10.6 Å². The van der Waals surface area contributed by atoms with E-state index in [1.54, 1.807) is 17.4 Å². The second kappa shape index (κ2) is 4.64. The third-order valence-electron chi connectivity index (χ3n) is 2.86. The van der Waals surface area contributed by atoms with Crippen molar-refractivity contribution in [1.29, 1.82) is 0 Å². The molecule has 2 aromatic rings. The van der Waals surface area contributed by atoms with Gasteiger partial charge in [-0.2, -0.15) is 0 Å². The monoisotopic (exact) mass is 268 g/mol. The zero-order chi connectivity index (χ0) is 11.1. The minimum Gasteiger partial charge on any atom is -0.507 e. The third kappa shape index (κ3) is 2.29. The number of halogens is 1. The maximum atomic E-state index is 9.72. The molecular formula is C12H13ClN2OS. The maximum Gasteiger partial charge on any atom is 0.127 e. The number of para-hydroxylation sites is 1. The van der Waals surface area contributed by atoms with E-state index in [1.807, 2.05) is 24.4 Å². The Kier molecular flexibility index (Phi) is 3.38. The Bertz CT molecular complexity index is 529. The van der Waals surface area contributed by atoms with Crippen LogP contribution in [0.2, 0.25) is 0 Å². The molecule has 1 heterocycles. The molecular weight excluding hydrogens is 256 g/mol. The molecule has 0 unspecified atom stereocenters. The predicted molar refractivity (Wildman–Crippen MR) is 71.8 cm³/mol. The molecule has 0 saturated heterocycles. The van der Waals surface area contributed by atoms with Gasteiger partial charge in [-0.3, -0.25) is 0 Å². The highest BCUT2D eigenvalue weighted by atomic mass is 35.5. The van der Waals surface area contributed by atoms with Gasteiger partial charge in [0.25, 0.3) is 0 Å². The Morgan fingerprint density at radius 1 is 1.35 bits per heavy atom. The number of phenolic OH excluding ortho intramolecular Hbond substituents is 1. The van der Waals surface area contributed by atoms with Crippen LogP contribution in [0.3, 0.4) is 0 Å². The Hall–Kier alpha value is -1.10. The fraction of sp³-hybridized carbons (Fsp3) is 0.250. The van der Waals surface area contributed by atoms with E-state index in [-0.39, 0.29) is 18.2 Å². The third-order valence-corrected chi connectivity index (χ3v) is 4.03. The summed E-state index contributed by atoms with van der Waals surface area (Å²) in [6.45, 7) is 0. The first-order chi connectivity index (χ1) is 7.75. The fourth-order valence-electron chi connectivity index (χ4n) is 1.78. The van der Waals surface area contributed by atoms with Crippen molar-refractivity contribution in [3.63, 3.8) is 0 Å². The van der Waals surface area contributed by atoms with Gasteiger partial charge in [0.1, 0.15) is 10.8 Å². The number of phenols is 1. The van der Waals surface area contributed by atoms with Gasteiger partial charge in [0.05, 0.1) is 5.56 Å². The maximum absolute atomic E-state index is 9.72. The van der Waals surface area contributed by atoms with E-state index in [0.29, 0.717) is 12.0 Å². The Balaban J connectivity index is 0.00000108. The van der Waals surface area contributed by atoms with Gasteiger partial charge in [0.2, 0.25) is 0 Å². The quantitative estimate of drug-likeness (QED) is 0.880. The van der Waals surface area contributed by atoms with E-state index in [2.05, 4.69) is 4.98 Å². The van der Waals surface area contributed by atoms with Crippen molar-refractivity contribution >= 4 is 23.7 Å². The largest absolute Gasteiger partial charge is 0.507 e. The molecule has 0 radical (unpaired) electrons. The summed E-state index contributed by atoms with van der Waals surface area (Å²) in [6.07, 6.45) is 2.94. The molecule has 90 valence electrons. The minimum atomic E-state index is 0. The number of hydrogen-bond acceptors (Lipinski definition) is 4. The van der Waals surface area contributed by atoms with Crippen LogP contribution in [0.5, 0.6) is 5.75 Å². The minimum absolute atomic E-state index is 0. The van der Waals surface area contributed by atoms with Crippen LogP contribution in [0.1, 0.15) is 17.2 Å². The predicted octanol–water partition coefficient (Wildman–Crippen LogP) is 2.75. The molecule has 0 aliphatic heterocycles. The molecule has 3 nitrogen and oxygen atoms in total. The molecule has 3 N–H and O–H groups in total. The molecule has 0 spiro atoms. The molecule has 17 heavy (non-hydrogen) atoms. The summed E-state index contributed by atoms with van der Waals surface area (Å²) in [5.74, 6) is 0.764. The summed E-state index contributed by atoms with van der Waals surface area (Å²) < 4.78 is 0. The van der Waals surface area contributed by atoms with Gasteiger partial charge in [0, 0.05) is 23.0 Å². The van der Waals surface area contributed by atoms with Crippen LogP contribution in [0, 0.1) is 0 Å². The first kappa shape index (κ1) is 12.4. The lowest BCUT2D eigenvalue weighted by atomic mass is 10.2. The van der Waals surface area contributed by atoms with Crippen molar-refractivity contribution in [1.82, 2.24) is 4.98 Å².